The van der Waals surface area contributed by atoms with Gasteiger partial charge in [0.25, 0.3) is 0 Å². The normalized spacial score (nSPS) is 36.4. The van der Waals surface area contributed by atoms with Gasteiger partial charge in [0, 0.05) is 18.1 Å². The summed E-state index contributed by atoms with van der Waals surface area (Å²) in [6.07, 6.45) is 6.91. The second-order valence-corrected chi connectivity index (χ2v) is 5.06. The third-order valence-electron chi connectivity index (χ3n) is 4.22. The lowest BCUT2D eigenvalue weighted by Crippen LogP contribution is -2.56. The van der Waals surface area contributed by atoms with Crippen LogP contribution in [0.15, 0.2) is 0 Å². The van der Waals surface area contributed by atoms with Crippen LogP contribution in [0.3, 0.4) is 0 Å². The molecule has 2 heterocycles. The molecule has 0 aromatic carbocycles. The van der Waals surface area contributed by atoms with E-state index in [0.29, 0.717) is 5.54 Å². The summed E-state index contributed by atoms with van der Waals surface area (Å²) in [7, 11) is 0. The van der Waals surface area contributed by atoms with Crippen LogP contribution in [0.4, 0.5) is 0 Å². The van der Waals surface area contributed by atoms with E-state index in [-0.39, 0.29) is 0 Å². The Morgan fingerprint density at radius 1 is 1.36 bits per heavy atom. The Bertz CT molecular complexity index is 185. The topological polar surface area (TPSA) is 15.3 Å². The minimum atomic E-state index is 0.535. The number of hydrogen-bond donors (Lipinski definition) is 1. The van der Waals surface area contributed by atoms with Gasteiger partial charge in [0.05, 0.1) is 0 Å². The highest BCUT2D eigenvalue weighted by atomic mass is 15.3. The maximum absolute atomic E-state index is 3.58. The van der Waals surface area contributed by atoms with Gasteiger partial charge in [-0.25, -0.2) is 0 Å². The highest BCUT2D eigenvalue weighted by Gasteiger charge is 2.42. The molecule has 14 heavy (non-hydrogen) atoms. The standard InChI is InChI=1S/C12H24N2/c1-3-11(2)14-9-5-7-12(14)6-4-8-13-10-12/h11,13H,3-10H2,1-2H3. The fourth-order valence-corrected chi connectivity index (χ4v) is 3.28. The average molecular weight is 196 g/mol. The minimum Gasteiger partial charge on any atom is -0.315 e. The summed E-state index contributed by atoms with van der Waals surface area (Å²) in [4.78, 5) is 2.78. The van der Waals surface area contributed by atoms with E-state index >= 15 is 0 Å². The summed E-state index contributed by atoms with van der Waals surface area (Å²) < 4.78 is 0. The van der Waals surface area contributed by atoms with Crippen molar-refractivity contribution in [1.82, 2.24) is 10.2 Å². The van der Waals surface area contributed by atoms with Crippen LogP contribution < -0.4 is 5.32 Å². The van der Waals surface area contributed by atoms with Gasteiger partial charge < -0.3 is 5.32 Å². The summed E-state index contributed by atoms with van der Waals surface area (Å²) in [5.74, 6) is 0. The molecule has 2 saturated heterocycles. The molecule has 2 aliphatic heterocycles. The number of nitrogens with zero attached hydrogens (tertiary/aromatic N) is 1. The maximum atomic E-state index is 3.58. The molecule has 0 radical (unpaired) electrons. The fourth-order valence-electron chi connectivity index (χ4n) is 3.28. The molecule has 2 heteroatoms. The maximum Gasteiger partial charge on any atom is 0.0337 e. The number of piperidine rings is 1. The Morgan fingerprint density at radius 3 is 2.79 bits per heavy atom. The van der Waals surface area contributed by atoms with Gasteiger partial charge in [-0.15, -0.1) is 0 Å². The van der Waals surface area contributed by atoms with E-state index in [9.17, 15) is 0 Å². The number of likely N-dealkylation sites (tertiary alicyclic amines) is 1. The first-order chi connectivity index (χ1) is 6.78. The Balaban J connectivity index is 2.07. The van der Waals surface area contributed by atoms with E-state index in [1.54, 1.807) is 0 Å². The summed E-state index contributed by atoms with van der Waals surface area (Å²) >= 11 is 0. The molecule has 0 aromatic rings. The molecule has 0 saturated carbocycles. The molecule has 2 unspecified atom stereocenters. The lowest BCUT2D eigenvalue weighted by molar-refractivity contribution is 0.0675. The first kappa shape index (κ1) is 10.4. The number of hydrogen-bond acceptors (Lipinski definition) is 2. The van der Waals surface area contributed by atoms with Crippen molar-refractivity contribution in [2.45, 2.75) is 57.5 Å². The Kier molecular flexibility index (Phi) is 3.13. The SMILES string of the molecule is CCC(C)N1CCCC12CCCNC2. The van der Waals surface area contributed by atoms with Crippen molar-refractivity contribution in [3.63, 3.8) is 0 Å². The fraction of sp³-hybridized carbons (Fsp3) is 1.00. The summed E-state index contributed by atoms with van der Waals surface area (Å²) in [6, 6.07) is 0.775. The third kappa shape index (κ3) is 1.70. The molecule has 0 aromatic heterocycles. The van der Waals surface area contributed by atoms with Crippen molar-refractivity contribution in [3.05, 3.63) is 0 Å². The van der Waals surface area contributed by atoms with E-state index in [1.165, 1.54) is 51.7 Å². The van der Waals surface area contributed by atoms with E-state index in [1.807, 2.05) is 0 Å². The van der Waals surface area contributed by atoms with Crippen molar-refractivity contribution in [2.75, 3.05) is 19.6 Å². The number of rotatable bonds is 2. The van der Waals surface area contributed by atoms with Gasteiger partial charge in [-0.1, -0.05) is 6.92 Å². The van der Waals surface area contributed by atoms with Crippen molar-refractivity contribution >= 4 is 0 Å². The zero-order valence-corrected chi connectivity index (χ0v) is 9.68. The van der Waals surface area contributed by atoms with Crippen molar-refractivity contribution < 1.29 is 0 Å². The molecule has 2 nitrogen and oxygen atoms in total. The monoisotopic (exact) mass is 196 g/mol. The molecule has 0 bridgehead atoms. The lowest BCUT2D eigenvalue weighted by Gasteiger charge is -2.44. The van der Waals surface area contributed by atoms with Crippen LogP contribution >= 0.6 is 0 Å². The molecule has 2 fully saturated rings. The van der Waals surface area contributed by atoms with Crippen molar-refractivity contribution in [3.8, 4) is 0 Å². The predicted molar refractivity (Wildman–Crippen MR) is 60.5 cm³/mol. The Labute approximate surface area is 88.1 Å². The minimum absolute atomic E-state index is 0.535. The van der Waals surface area contributed by atoms with Gasteiger partial charge in [-0.05, 0) is 52.1 Å². The van der Waals surface area contributed by atoms with E-state index in [2.05, 4.69) is 24.1 Å². The average Bonchev–Trinajstić information content (AvgIpc) is 2.62. The zero-order chi connectivity index (χ0) is 10.0. The van der Waals surface area contributed by atoms with Crippen LogP contribution in [0, 0.1) is 0 Å². The van der Waals surface area contributed by atoms with Gasteiger partial charge >= 0.3 is 0 Å². The second-order valence-electron chi connectivity index (χ2n) is 5.06. The highest BCUT2D eigenvalue weighted by molar-refractivity contribution is 5.01. The quantitative estimate of drug-likeness (QED) is 0.727. The molecular weight excluding hydrogens is 172 g/mol. The molecule has 82 valence electrons. The van der Waals surface area contributed by atoms with E-state index < -0.39 is 0 Å². The first-order valence-corrected chi connectivity index (χ1v) is 6.26. The van der Waals surface area contributed by atoms with Crippen LogP contribution in [0.2, 0.25) is 0 Å². The van der Waals surface area contributed by atoms with Crippen LogP contribution in [-0.2, 0) is 0 Å². The smallest absolute Gasteiger partial charge is 0.0337 e. The summed E-state index contributed by atoms with van der Waals surface area (Å²) in [5.41, 5.74) is 0.535. The molecular formula is C12H24N2. The van der Waals surface area contributed by atoms with Crippen LogP contribution in [-0.4, -0.2) is 36.1 Å². The Hall–Kier alpha value is -0.0800. The summed E-state index contributed by atoms with van der Waals surface area (Å²) in [5, 5.41) is 3.58. The van der Waals surface area contributed by atoms with Gasteiger partial charge in [-0.3, -0.25) is 4.90 Å². The number of nitrogens with one attached hydrogen (secondary N) is 1. The van der Waals surface area contributed by atoms with Gasteiger partial charge in [0.1, 0.15) is 0 Å². The van der Waals surface area contributed by atoms with Gasteiger partial charge in [0.2, 0.25) is 0 Å². The molecule has 2 rings (SSSR count). The second kappa shape index (κ2) is 4.19. The zero-order valence-electron chi connectivity index (χ0n) is 9.68. The third-order valence-corrected chi connectivity index (χ3v) is 4.22. The van der Waals surface area contributed by atoms with E-state index in [4.69, 9.17) is 0 Å². The molecule has 1 spiro atoms. The van der Waals surface area contributed by atoms with Crippen LogP contribution in [0.25, 0.3) is 0 Å². The predicted octanol–water partition coefficient (Wildman–Crippen LogP) is 2.00. The molecule has 0 amide bonds. The van der Waals surface area contributed by atoms with Crippen LogP contribution in [0.1, 0.15) is 46.0 Å². The van der Waals surface area contributed by atoms with Crippen molar-refractivity contribution in [2.24, 2.45) is 0 Å². The Morgan fingerprint density at radius 2 is 2.14 bits per heavy atom. The van der Waals surface area contributed by atoms with Crippen molar-refractivity contribution in [1.29, 1.82) is 0 Å². The summed E-state index contributed by atoms with van der Waals surface area (Å²) in [6.45, 7) is 8.50. The molecule has 0 aliphatic carbocycles. The van der Waals surface area contributed by atoms with Gasteiger partial charge in [0.15, 0.2) is 0 Å². The molecule has 2 atom stereocenters. The van der Waals surface area contributed by atoms with Crippen LogP contribution in [0.5, 0.6) is 0 Å². The highest BCUT2D eigenvalue weighted by Crippen LogP contribution is 2.36. The largest absolute Gasteiger partial charge is 0.315 e. The van der Waals surface area contributed by atoms with Gasteiger partial charge in [-0.2, -0.15) is 0 Å². The molecule has 2 aliphatic rings. The first-order valence-electron chi connectivity index (χ1n) is 6.26. The molecule has 1 N–H and O–H groups in total. The van der Waals surface area contributed by atoms with E-state index in [0.717, 1.165) is 6.04 Å². The lowest BCUT2D eigenvalue weighted by atomic mass is 9.86.